The molecule has 0 bridgehead atoms. The third kappa shape index (κ3) is 6.17. The van der Waals surface area contributed by atoms with Crippen molar-refractivity contribution in [1.82, 2.24) is 4.90 Å². The van der Waals surface area contributed by atoms with Crippen molar-refractivity contribution in [2.75, 3.05) is 27.3 Å². The van der Waals surface area contributed by atoms with Crippen LogP contribution >= 0.6 is 0 Å². The lowest BCUT2D eigenvalue weighted by Gasteiger charge is -2.32. The van der Waals surface area contributed by atoms with E-state index < -0.39 is 0 Å². The molecule has 2 N–H and O–H groups in total. The van der Waals surface area contributed by atoms with Crippen molar-refractivity contribution in [1.29, 1.82) is 0 Å². The molecule has 0 saturated heterocycles. The minimum absolute atomic E-state index is 0.00130. The minimum atomic E-state index is -0.389. The van der Waals surface area contributed by atoms with Crippen molar-refractivity contribution in [3.05, 3.63) is 63.5 Å². The van der Waals surface area contributed by atoms with Crippen LogP contribution in [0.15, 0.2) is 36.4 Å². The van der Waals surface area contributed by atoms with Gasteiger partial charge in [0.05, 0.1) is 25.2 Å². The lowest BCUT2D eigenvalue weighted by Crippen LogP contribution is -2.32. The summed E-state index contributed by atoms with van der Waals surface area (Å²) in [5.41, 5.74) is 7.36. The maximum absolute atomic E-state index is 13.4. The van der Waals surface area contributed by atoms with Crippen LogP contribution in [0.1, 0.15) is 36.8 Å². The summed E-state index contributed by atoms with van der Waals surface area (Å²) in [7, 11) is 2.97. The summed E-state index contributed by atoms with van der Waals surface area (Å²) in [5, 5.41) is 11.8. The molecule has 1 fully saturated rings. The number of ether oxygens (including phenoxy) is 2. The zero-order valence-electron chi connectivity index (χ0n) is 18.8. The average Bonchev–Trinajstić information content (AvgIpc) is 2.80. The lowest BCUT2D eigenvalue weighted by molar-refractivity contribution is -0.385. The normalized spacial score (nSPS) is 18.5. The average molecular weight is 446 g/mol. The second kappa shape index (κ2) is 11.2. The standard InChI is InChI=1S/C24H32FN3O4/c1-31-23-11-20(22(28(29)30)12-24(23)32-2)16-27(15-19-7-9-21(25)10-8-19)14-18-5-3-17(13-26)4-6-18/h7-12,17-18H,3-6,13-16,26H2,1-2H3. The Bertz CT molecular complexity index is 899. The van der Waals surface area contributed by atoms with E-state index in [2.05, 4.69) is 4.90 Å². The topological polar surface area (TPSA) is 90.9 Å². The number of methoxy groups -OCH3 is 2. The van der Waals surface area contributed by atoms with Crippen LogP contribution in [-0.2, 0) is 13.1 Å². The molecule has 1 saturated carbocycles. The molecule has 32 heavy (non-hydrogen) atoms. The first-order chi connectivity index (χ1) is 15.4. The molecule has 0 unspecified atom stereocenters. The quantitative estimate of drug-likeness (QED) is 0.427. The Morgan fingerprint density at radius 1 is 1.03 bits per heavy atom. The number of hydrogen-bond donors (Lipinski definition) is 1. The fourth-order valence-corrected chi connectivity index (χ4v) is 4.50. The van der Waals surface area contributed by atoms with Crippen molar-refractivity contribution in [3.63, 3.8) is 0 Å². The van der Waals surface area contributed by atoms with Crippen molar-refractivity contribution >= 4 is 5.69 Å². The molecule has 7 nitrogen and oxygen atoms in total. The molecule has 0 aromatic heterocycles. The molecule has 1 aliphatic rings. The monoisotopic (exact) mass is 445 g/mol. The van der Waals surface area contributed by atoms with E-state index in [1.165, 1.54) is 32.4 Å². The summed E-state index contributed by atoms with van der Waals surface area (Å²) in [6.45, 7) is 2.48. The van der Waals surface area contributed by atoms with Crippen LogP contribution < -0.4 is 15.2 Å². The number of nitrogens with zero attached hydrogens (tertiary/aromatic N) is 2. The van der Waals surface area contributed by atoms with E-state index in [-0.39, 0.29) is 16.4 Å². The summed E-state index contributed by atoms with van der Waals surface area (Å²) in [6, 6.07) is 9.50. The molecule has 174 valence electrons. The van der Waals surface area contributed by atoms with Crippen LogP contribution in [0.5, 0.6) is 11.5 Å². The van der Waals surface area contributed by atoms with Gasteiger partial charge in [0, 0.05) is 25.2 Å². The zero-order valence-corrected chi connectivity index (χ0v) is 18.8. The van der Waals surface area contributed by atoms with E-state index >= 15 is 0 Å². The third-order valence-corrected chi connectivity index (χ3v) is 6.31. The van der Waals surface area contributed by atoms with Crippen LogP contribution in [0.3, 0.4) is 0 Å². The minimum Gasteiger partial charge on any atom is -0.493 e. The van der Waals surface area contributed by atoms with E-state index in [9.17, 15) is 14.5 Å². The SMILES string of the molecule is COc1cc(CN(Cc2ccc(F)cc2)CC2CCC(CN)CC2)c([N+](=O)[O-])cc1OC. The first-order valence-electron chi connectivity index (χ1n) is 11.0. The molecule has 8 heteroatoms. The van der Waals surface area contributed by atoms with Gasteiger partial charge in [-0.1, -0.05) is 12.1 Å². The van der Waals surface area contributed by atoms with Crippen LogP contribution in [0.25, 0.3) is 0 Å². The van der Waals surface area contributed by atoms with E-state index in [4.69, 9.17) is 15.2 Å². The van der Waals surface area contributed by atoms with Crippen molar-refractivity contribution in [2.45, 2.75) is 38.8 Å². The third-order valence-electron chi connectivity index (χ3n) is 6.31. The highest BCUT2D eigenvalue weighted by molar-refractivity contribution is 5.54. The molecule has 2 aromatic rings. The Hall–Kier alpha value is -2.71. The van der Waals surface area contributed by atoms with Gasteiger partial charge in [-0.05, 0) is 67.8 Å². The van der Waals surface area contributed by atoms with Gasteiger partial charge in [-0.3, -0.25) is 15.0 Å². The predicted molar refractivity (Wildman–Crippen MR) is 121 cm³/mol. The molecule has 0 heterocycles. The molecule has 0 atom stereocenters. The van der Waals surface area contributed by atoms with Gasteiger partial charge in [-0.15, -0.1) is 0 Å². The zero-order chi connectivity index (χ0) is 23.1. The Balaban J connectivity index is 1.85. The fourth-order valence-electron chi connectivity index (χ4n) is 4.50. The van der Waals surface area contributed by atoms with Crippen LogP contribution in [-0.4, -0.2) is 37.1 Å². The van der Waals surface area contributed by atoms with Crippen molar-refractivity contribution in [3.8, 4) is 11.5 Å². The molecule has 3 rings (SSSR count). The number of nitrogens with two attached hydrogens (primary N) is 1. The summed E-state index contributed by atoms with van der Waals surface area (Å²) in [5.74, 6) is 1.59. The number of halogens is 1. The molecular formula is C24H32FN3O4. The van der Waals surface area contributed by atoms with Gasteiger partial charge < -0.3 is 15.2 Å². The van der Waals surface area contributed by atoms with Gasteiger partial charge in [0.25, 0.3) is 5.69 Å². The second-order valence-corrected chi connectivity index (χ2v) is 8.51. The summed E-state index contributed by atoms with van der Waals surface area (Å²) >= 11 is 0. The number of nitro groups is 1. The Morgan fingerprint density at radius 2 is 1.62 bits per heavy atom. The van der Waals surface area contributed by atoms with E-state index in [0.717, 1.165) is 44.3 Å². The first kappa shape index (κ1) is 23.9. The Labute approximate surface area is 188 Å². The summed E-state index contributed by atoms with van der Waals surface area (Å²) in [6.07, 6.45) is 4.41. The lowest BCUT2D eigenvalue weighted by atomic mass is 9.82. The maximum Gasteiger partial charge on any atom is 0.277 e. The molecule has 2 aromatic carbocycles. The number of nitro benzene ring substituents is 1. The van der Waals surface area contributed by atoms with Gasteiger partial charge in [0.1, 0.15) is 5.82 Å². The summed E-state index contributed by atoms with van der Waals surface area (Å²) in [4.78, 5) is 13.6. The van der Waals surface area contributed by atoms with Gasteiger partial charge in [-0.2, -0.15) is 0 Å². The highest BCUT2D eigenvalue weighted by Crippen LogP contribution is 2.36. The van der Waals surface area contributed by atoms with Crippen LogP contribution in [0, 0.1) is 27.8 Å². The number of benzene rings is 2. The van der Waals surface area contributed by atoms with Crippen molar-refractivity contribution in [2.24, 2.45) is 17.6 Å². The highest BCUT2D eigenvalue weighted by Gasteiger charge is 2.25. The first-order valence-corrected chi connectivity index (χ1v) is 11.0. The number of hydrogen-bond acceptors (Lipinski definition) is 6. The number of rotatable bonds is 10. The Kier molecular flexibility index (Phi) is 8.41. The largest absolute Gasteiger partial charge is 0.493 e. The fraction of sp³-hybridized carbons (Fsp3) is 0.500. The highest BCUT2D eigenvalue weighted by atomic mass is 19.1. The second-order valence-electron chi connectivity index (χ2n) is 8.51. The van der Waals surface area contributed by atoms with Crippen molar-refractivity contribution < 1.29 is 18.8 Å². The Morgan fingerprint density at radius 3 is 2.19 bits per heavy atom. The molecule has 0 spiro atoms. The van der Waals surface area contributed by atoms with Gasteiger partial charge >= 0.3 is 0 Å². The van der Waals surface area contributed by atoms with Gasteiger partial charge in [0.2, 0.25) is 0 Å². The van der Waals surface area contributed by atoms with Gasteiger partial charge in [-0.25, -0.2) is 4.39 Å². The van der Waals surface area contributed by atoms with E-state index in [0.29, 0.717) is 42.0 Å². The van der Waals surface area contributed by atoms with Gasteiger partial charge in [0.15, 0.2) is 11.5 Å². The molecule has 0 radical (unpaired) electrons. The van der Waals surface area contributed by atoms with Crippen LogP contribution in [0.2, 0.25) is 0 Å². The van der Waals surface area contributed by atoms with E-state index in [1.807, 2.05) is 0 Å². The maximum atomic E-state index is 13.4. The van der Waals surface area contributed by atoms with E-state index in [1.54, 1.807) is 18.2 Å². The predicted octanol–water partition coefficient (Wildman–Crippen LogP) is 4.52. The molecule has 0 aliphatic heterocycles. The van der Waals surface area contributed by atoms with Crippen LogP contribution in [0.4, 0.5) is 10.1 Å². The molecule has 1 aliphatic carbocycles. The molecule has 0 amide bonds. The summed E-state index contributed by atoms with van der Waals surface area (Å²) < 4.78 is 24.0. The smallest absolute Gasteiger partial charge is 0.277 e. The molecular weight excluding hydrogens is 413 g/mol.